The van der Waals surface area contributed by atoms with E-state index >= 15 is 0 Å². The van der Waals surface area contributed by atoms with Crippen LogP contribution in [0.2, 0.25) is 0 Å². The Bertz CT molecular complexity index is 1100. The van der Waals surface area contributed by atoms with Crippen molar-refractivity contribution in [3.63, 3.8) is 0 Å². The fourth-order valence-electron chi connectivity index (χ4n) is 3.01. The molecule has 3 aromatic rings. The highest BCUT2D eigenvalue weighted by atomic mass is 32.1. The van der Waals surface area contributed by atoms with Crippen LogP contribution in [0.4, 0.5) is 0 Å². The van der Waals surface area contributed by atoms with Gasteiger partial charge in [-0.15, -0.1) is 11.3 Å². The number of benzene rings is 1. The van der Waals surface area contributed by atoms with Gasteiger partial charge in [-0.3, -0.25) is 0 Å². The standard InChI is InChI=1S/C18H12N2O3S/c1-9-6-7-24-16(9)13-11(8-19)17(20)23-15-10-4-2-3-5-12(10)22-18(21)14(13)15/h2-7,13H,20H2,1H3/t13-/m0/s1. The highest BCUT2D eigenvalue weighted by Crippen LogP contribution is 2.45. The molecule has 0 fully saturated rings. The van der Waals surface area contributed by atoms with Crippen LogP contribution in [0.5, 0.6) is 5.75 Å². The summed E-state index contributed by atoms with van der Waals surface area (Å²) in [5, 5.41) is 12.1. The van der Waals surface area contributed by atoms with E-state index in [9.17, 15) is 10.1 Å². The van der Waals surface area contributed by atoms with Crippen LogP contribution in [-0.4, -0.2) is 0 Å². The second-order valence-electron chi connectivity index (χ2n) is 5.52. The zero-order valence-electron chi connectivity index (χ0n) is 12.7. The summed E-state index contributed by atoms with van der Waals surface area (Å²) in [6.07, 6.45) is 0. The number of ether oxygens (including phenoxy) is 1. The summed E-state index contributed by atoms with van der Waals surface area (Å²) in [4.78, 5) is 13.5. The molecule has 0 amide bonds. The van der Waals surface area contributed by atoms with E-state index in [-0.39, 0.29) is 11.5 Å². The van der Waals surface area contributed by atoms with Crippen LogP contribution in [0, 0.1) is 18.3 Å². The highest BCUT2D eigenvalue weighted by Gasteiger charge is 2.36. The van der Waals surface area contributed by atoms with Crippen LogP contribution in [0.15, 0.2) is 56.4 Å². The van der Waals surface area contributed by atoms with Crippen LogP contribution in [0.3, 0.4) is 0 Å². The van der Waals surface area contributed by atoms with Gasteiger partial charge in [-0.2, -0.15) is 5.26 Å². The van der Waals surface area contributed by atoms with Crippen molar-refractivity contribution in [1.29, 1.82) is 5.26 Å². The molecule has 1 atom stereocenters. The number of hydrogen-bond acceptors (Lipinski definition) is 6. The van der Waals surface area contributed by atoms with Crippen molar-refractivity contribution in [2.45, 2.75) is 12.8 Å². The molecule has 3 heterocycles. The normalized spacial score (nSPS) is 16.6. The Balaban J connectivity index is 2.12. The van der Waals surface area contributed by atoms with Crippen LogP contribution in [0.25, 0.3) is 11.0 Å². The Hall–Kier alpha value is -3.04. The van der Waals surface area contributed by atoms with E-state index in [1.165, 1.54) is 11.3 Å². The fourth-order valence-corrected chi connectivity index (χ4v) is 4.05. The predicted octanol–water partition coefficient (Wildman–Crippen LogP) is 3.38. The first kappa shape index (κ1) is 14.5. The molecule has 2 aromatic heterocycles. The number of thiophene rings is 1. The molecule has 0 saturated carbocycles. The van der Waals surface area contributed by atoms with E-state index in [1.807, 2.05) is 24.4 Å². The minimum Gasteiger partial charge on any atom is -0.439 e. The van der Waals surface area contributed by atoms with Crippen molar-refractivity contribution in [3.05, 3.63) is 73.6 Å². The molecule has 5 nitrogen and oxygen atoms in total. The maximum Gasteiger partial charge on any atom is 0.344 e. The molecule has 6 heteroatoms. The van der Waals surface area contributed by atoms with Gasteiger partial charge >= 0.3 is 5.63 Å². The van der Waals surface area contributed by atoms with Crippen LogP contribution >= 0.6 is 11.3 Å². The Labute approximate surface area is 141 Å². The van der Waals surface area contributed by atoms with Gasteiger partial charge in [0, 0.05) is 4.88 Å². The minimum absolute atomic E-state index is 0.0264. The molecule has 0 radical (unpaired) electrons. The number of nitrogens with two attached hydrogens (primary N) is 1. The van der Waals surface area contributed by atoms with Gasteiger partial charge in [-0.1, -0.05) is 12.1 Å². The average molecular weight is 336 g/mol. The lowest BCUT2D eigenvalue weighted by Crippen LogP contribution is -2.26. The first-order valence-electron chi connectivity index (χ1n) is 7.29. The molecule has 4 rings (SSSR count). The molecule has 0 aliphatic carbocycles. The maximum absolute atomic E-state index is 12.6. The number of rotatable bonds is 1. The molecule has 2 N–H and O–H groups in total. The summed E-state index contributed by atoms with van der Waals surface area (Å²) in [6, 6.07) is 11.2. The van der Waals surface area contributed by atoms with E-state index in [2.05, 4.69) is 6.07 Å². The lowest BCUT2D eigenvalue weighted by Gasteiger charge is -2.25. The Morgan fingerprint density at radius 3 is 2.79 bits per heavy atom. The SMILES string of the molecule is Cc1ccsc1[C@H]1C(C#N)=C(N)Oc2c1c(=O)oc1ccccc21. The number of nitrogens with zero attached hydrogens (tertiary/aromatic N) is 1. The van der Waals surface area contributed by atoms with E-state index in [1.54, 1.807) is 18.2 Å². The first-order chi connectivity index (χ1) is 11.6. The summed E-state index contributed by atoms with van der Waals surface area (Å²) in [7, 11) is 0. The van der Waals surface area contributed by atoms with Crippen LogP contribution < -0.4 is 16.1 Å². The molecule has 1 aliphatic rings. The zero-order valence-corrected chi connectivity index (χ0v) is 13.5. The summed E-state index contributed by atoms with van der Waals surface area (Å²) in [5.41, 5.74) is 7.46. The Morgan fingerprint density at radius 1 is 1.29 bits per heavy atom. The third kappa shape index (κ3) is 1.95. The van der Waals surface area contributed by atoms with Gasteiger partial charge in [-0.25, -0.2) is 4.79 Å². The van der Waals surface area contributed by atoms with Crippen molar-refractivity contribution < 1.29 is 9.15 Å². The summed E-state index contributed by atoms with van der Waals surface area (Å²) in [6.45, 7) is 1.94. The van der Waals surface area contributed by atoms with E-state index < -0.39 is 11.5 Å². The summed E-state index contributed by atoms with van der Waals surface area (Å²) < 4.78 is 11.1. The third-order valence-electron chi connectivity index (χ3n) is 4.14. The molecular formula is C18H12N2O3S. The number of allylic oxidation sites excluding steroid dienone is 1. The van der Waals surface area contributed by atoms with Crippen molar-refractivity contribution in [3.8, 4) is 11.8 Å². The van der Waals surface area contributed by atoms with Gasteiger partial charge in [0.1, 0.15) is 17.2 Å². The smallest absolute Gasteiger partial charge is 0.344 e. The molecule has 0 bridgehead atoms. The minimum atomic E-state index is -0.570. The molecule has 0 saturated heterocycles. The second-order valence-corrected chi connectivity index (χ2v) is 6.47. The number of fused-ring (bicyclic) bond motifs is 3. The van der Waals surface area contributed by atoms with E-state index in [0.29, 0.717) is 22.3 Å². The second kappa shape index (κ2) is 5.25. The molecule has 1 aliphatic heterocycles. The lowest BCUT2D eigenvalue weighted by atomic mass is 9.87. The topological polar surface area (TPSA) is 89.3 Å². The largest absolute Gasteiger partial charge is 0.439 e. The molecule has 0 spiro atoms. The van der Waals surface area contributed by atoms with Crippen molar-refractivity contribution in [1.82, 2.24) is 0 Å². The number of para-hydroxylation sites is 1. The molecule has 0 unspecified atom stereocenters. The van der Waals surface area contributed by atoms with E-state index in [0.717, 1.165) is 10.4 Å². The zero-order chi connectivity index (χ0) is 16.8. The Morgan fingerprint density at radius 2 is 2.08 bits per heavy atom. The number of hydrogen-bond donors (Lipinski definition) is 1. The maximum atomic E-state index is 12.6. The highest BCUT2D eigenvalue weighted by molar-refractivity contribution is 7.10. The molecule has 24 heavy (non-hydrogen) atoms. The van der Waals surface area contributed by atoms with Crippen LogP contribution in [-0.2, 0) is 0 Å². The van der Waals surface area contributed by atoms with Crippen LogP contribution in [0.1, 0.15) is 21.9 Å². The van der Waals surface area contributed by atoms with Gasteiger partial charge in [0.15, 0.2) is 5.75 Å². The molecule has 1 aromatic carbocycles. The van der Waals surface area contributed by atoms with Gasteiger partial charge in [0.05, 0.1) is 16.9 Å². The van der Waals surface area contributed by atoms with Crippen molar-refractivity contribution in [2.75, 3.05) is 0 Å². The van der Waals surface area contributed by atoms with Gasteiger partial charge in [0.2, 0.25) is 5.88 Å². The first-order valence-corrected chi connectivity index (χ1v) is 8.17. The summed E-state index contributed by atoms with van der Waals surface area (Å²) >= 11 is 1.48. The van der Waals surface area contributed by atoms with Crippen molar-refractivity contribution in [2.24, 2.45) is 5.73 Å². The van der Waals surface area contributed by atoms with Crippen molar-refractivity contribution >= 4 is 22.3 Å². The third-order valence-corrected chi connectivity index (χ3v) is 5.22. The monoisotopic (exact) mass is 336 g/mol. The van der Waals surface area contributed by atoms with E-state index in [4.69, 9.17) is 14.9 Å². The molecule has 118 valence electrons. The number of aryl methyl sites for hydroxylation is 1. The van der Waals surface area contributed by atoms with Gasteiger partial charge < -0.3 is 14.9 Å². The fraction of sp³-hybridized carbons (Fsp3) is 0.111. The summed E-state index contributed by atoms with van der Waals surface area (Å²) in [5.74, 6) is -0.172. The predicted molar refractivity (Wildman–Crippen MR) is 90.8 cm³/mol. The lowest BCUT2D eigenvalue weighted by molar-refractivity contribution is 0.388. The van der Waals surface area contributed by atoms with Gasteiger partial charge in [-0.05, 0) is 36.1 Å². The molecular weight excluding hydrogens is 324 g/mol. The number of nitriles is 1. The average Bonchev–Trinajstić information content (AvgIpc) is 2.99. The quantitative estimate of drug-likeness (QED) is 0.688. The van der Waals surface area contributed by atoms with Gasteiger partial charge in [0.25, 0.3) is 0 Å². The Kier molecular flexibility index (Phi) is 3.18.